The van der Waals surface area contributed by atoms with Crippen LogP contribution in [0.5, 0.6) is 0 Å². The highest BCUT2D eigenvalue weighted by Gasteiger charge is 2.06. The van der Waals surface area contributed by atoms with Crippen LogP contribution < -0.4 is 5.32 Å². The number of furan rings is 1. The van der Waals surface area contributed by atoms with E-state index in [1.54, 1.807) is 18.7 Å². The molecule has 0 aromatic carbocycles. The van der Waals surface area contributed by atoms with Crippen molar-refractivity contribution in [1.29, 1.82) is 0 Å². The first kappa shape index (κ1) is 13.8. The molecule has 0 fully saturated rings. The summed E-state index contributed by atoms with van der Waals surface area (Å²) in [6.45, 7) is 2.45. The van der Waals surface area contributed by atoms with Gasteiger partial charge in [-0.3, -0.25) is 4.98 Å². The van der Waals surface area contributed by atoms with E-state index >= 15 is 0 Å². The van der Waals surface area contributed by atoms with Gasteiger partial charge in [-0.1, -0.05) is 0 Å². The molecule has 21 heavy (non-hydrogen) atoms. The summed E-state index contributed by atoms with van der Waals surface area (Å²) in [5, 5.41) is 3.24. The average Bonchev–Trinajstić information content (AvgIpc) is 2.98. The van der Waals surface area contributed by atoms with Crippen molar-refractivity contribution in [3.63, 3.8) is 0 Å². The normalized spacial score (nSPS) is 10.6. The topological polar surface area (TPSA) is 63.8 Å². The van der Waals surface area contributed by atoms with Crippen LogP contribution in [0, 0.1) is 6.92 Å². The summed E-state index contributed by atoms with van der Waals surface area (Å²) in [4.78, 5) is 13.0. The number of hydrogen-bond donors (Lipinski definition) is 1. The van der Waals surface area contributed by atoms with E-state index in [1.165, 1.54) is 0 Å². The first-order chi connectivity index (χ1) is 10.2. The molecule has 0 spiro atoms. The number of aryl methyl sites for hydroxylation is 1. The second-order valence-corrected chi connectivity index (χ2v) is 5.43. The maximum Gasteiger partial charge on any atom is 0.130 e. The van der Waals surface area contributed by atoms with Crippen molar-refractivity contribution in [3.05, 3.63) is 59.0 Å². The van der Waals surface area contributed by atoms with Crippen molar-refractivity contribution >= 4 is 21.7 Å². The fraction of sp³-hybridized carbons (Fsp3) is 0.133. The lowest BCUT2D eigenvalue weighted by Crippen LogP contribution is -2.03. The predicted octanol–water partition coefficient (Wildman–Crippen LogP) is 3.81. The third kappa shape index (κ3) is 3.46. The molecular formula is C15H13BrN4O. The molecule has 0 unspecified atom stereocenters. The van der Waals surface area contributed by atoms with Crippen molar-refractivity contribution in [3.8, 4) is 11.3 Å². The maximum atomic E-state index is 5.29. The molecule has 6 heteroatoms. The van der Waals surface area contributed by atoms with Crippen LogP contribution >= 0.6 is 15.9 Å². The zero-order valence-corrected chi connectivity index (χ0v) is 13.0. The highest BCUT2D eigenvalue weighted by Crippen LogP contribution is 2.22. The Balaban J connectivity index is 1.85. The second-order valence-electron chi connectivity index (χ2n) is 4.51. The molecule has 0 saturated carbocycles. The summed E-state index contributed by atoms with van der Waals surface area (Å²) >= 11 is 3.42. The Labute approximate surface area is 130 Å². The molecule has 3 aromatic heterocycles. The van der Waals surface area contributed by atoms with E-state index in [9.17, 15) is 0 Å². The molecule has 0 bridgehead atoms. The van der Waals surface area contributed by atoms with Gasteiger partial charge in [0.15, 0.2) is 0 Å². The van der Waals surface area contributed by atoms with E-state index in [1.807, 2.05) is 31.2 Å². The monoisotopic (exact) mass is 344 g/mol. The van der Waals surface area contributed by atoms with E-state index in [-0.39, 0.29) is 0 Å². The molecule has 3 heterocycles. The van der Waals surface area contributed by atoms with Crippen molar-refractivity contribution in [1.82, 2.24) is 15.0 Å². The largest absolute Gasteiger partial charge is 0.467 e. The zero-order chi connectivity index (χ0) is 14.7. The molecule has 106 valence electrons. The molecule has 1 N–H and O–H groups in total. The molecule has 0 atom stereocenters. The summed E-state index contributed by atoms with van der Waals surface area (Å²) in [6, 6.07) is 7.66. The molecule has 0 saturated heterocycles. The van der Waals surface area contributed by atoms with Crippen molar-refractivity contribution < 1.29 is 4.42 Å². The summed E-state index contributed by atoms with van der Waals surface area (Å²) in [5.74, 6) is 2.32. The molecule has 0 aliphatic carbocycles. The van der Waals surface area contributed by atoms with Crippen LogP contribution in [-0.2, 0) is 6.54 Å². The minimum absolute atomic E-state index is 0.583. The van der Waals surface area contributed by atoms with Gasteiger partial charge in [-0.2, -0.15) is 0 Å². The van der Waals surface area contributed by atoms with Gasteiger partial charge in [-0.25, -0.2) is 9.97 Å². The smallest absolute Gasteiger partial charge is 0.130 e. The van der Waals surface area contributed by atoms with Gasteiger partial charge in [0, 0.05) is 28.5 Å². The number of nitrogens with zero attached hydrogens (tertiary/aromatic N) is 3. The van der Waals surface area contributed by atoms with Gasteiger partial charge in [-0.05, 0) is 41.1 Å². The molecule has 3 aromatic rings. The van der Waals surface area contributed by atoms with Crippen LogP contribution in [0.25, 0.3) is 11.3 Å². The Bertz CT molecular complexity index is 743. The second kappa shape index (κ2) is 6.05. The van der Waals surface area contributed by atoms with Crippen molar-refractivity contribution in [2.45, 2.75) is 13.5 Å². The number of rotatable bonds is 4. The Morgan fingerprint density at radius 1 is 1.24 bits per heavy atom. The van der Waals surface area contributed by atoms with Gasteiger partial charge < -0.3 is 9.73 Å². The SMILES string of the molecule is Cc1nc(NCc2ccco2)cc(-c2cncc(Br)c2)n1. The van der Waals surface area contributed by atoms with Gasteiger partial charge >= 0.3 is 0 Å². The number of nitrogens with one attached hydrogen (secondary N) is 1. The van der Waals surface area contributed by atoms with Crippen LogP contribution in [0.2, 0.25) is 0 Å². The Morgan fingerprint density at radius 2 is 2.14 bits per heavy atom. The molecule has 5 nitrogen and oxygen atoms in total. The summed E-state index contributed by atoms with van der Waals surface area (Å²) in [5.41, 5.74) is 1.77. The fourth-order valence-corrected chi connectivity index (χ4v) is 2.31. The van der Waals surface area contributed by atoms with Crippen LogP contribution in [0.1, 0.15) is 11.6 Å². The van der Waals surface area contributed by atoms with Crippen LogP contribution in [-0.4, -0.2) is 15.0 Å². The van der Waals surface area contributed by atoms with Gasteiger partial charge in [0.1, 0.15) is 17.4 Å². The fourth-order valence-electron chi connectivity index (χ4n) is 1.95. The van der Waals surface area contributed by atoms with Gasteiger partial charge in [0.25, 0.3) is 0 Å². The molecule has 0 radical (unpaired) electrons. The van der Waals surface area contributed by atoms with Crippen LogP contribution in [0.3, 0.4) is 0 Å². The Hall–Kier alpha value is -2.21. The number of halogens is 1. The first-order valence-electron chi connectivity index (χ1n) is 6.43. The highest BCUT2D eigenvalue weighted by atomic mass is 79.9. The van der Waals surface area contributed by atoms with E-state index in [4.69, 9.17) is 4.42 Å². The number of hydrogen-bond acceptors (Lipinski definition) is 5. The standard InChI is InChI=1S/C15H13BrN4O/c1-10-19-14(11-5-12(16)8-17-7-11)6-15(20-10)18-9-13-3-2-4-21-13/h2-8H,9H2,1H3,(H,18,19,20). The summed E-state index contributed by atoms with van der Waals surface area (Å²) in [7, 11) is 0. The number of anilines is 1. The minimum atomic E-state index is 0.583. The van der Waals surface area contributed by atoms with Gasteiger partial charge in [0.05, 0.1) is 18.5 Å². The quantitative estimate of drug-likeness (QED) is 0.779. The minimum Gasteiger partial charge on any atom is -0.467 e. The number of pyridine rings is 1. The van der Waals surface area contributed by atoms with Crippen molar-refractivity contribution in [2.24, 2.45) is 0 Å². The van der Waals surface area contributed by atoms with Gasteiger partial charge in [-0.15, -0.1) is 0 Å². The molecule has 3 rings (SSSR count). The van der Waals surface area contributed by atoms with Crippen LogP contribution in [0.15, 0.2) is 51.8 Å². The van der Waals surface area contributed by atoms with E-state index < -0.39 is 0 Å². The lowest BCUT2D eigenvalue weighted by molar-refractivity contribution is 0.518. The molecular weight excluding hydrogens is 332 g/mol. The van der Waals surface area contributed by atoms with Crippen molar-refractivity contribution in [2.75, 3.05) is 5.32 Å². The lowest BCUT2D eigenvalue weighted by Gasteiger charge is -2.08. The average molecular weight is 345 g/mol. The lowest BCUT2D eigenvalue weighted by atomic mass is 10.2. The maximum absolute atomic E-state index is 5.29. The van der Waals surface area contributed by atoms with E-state index in [2.05, 4.69) is 36.2 Å². The number of aromatic nitrogens is 3. The first-order valence-corrected chi connectivity index (χ1v) is 7.23. The Kier molecular flexibility index (Phi) is 3.96. The molecule has 0 aliphatic heterocycles. The van der Waals surface area contributed by atoms with Gasteiger partial charge in [0.2, 0.25) is 0 Å². The molecule has 0 amide bonds. The third-order valence-corrected chi connectivity index (χ3v) is 3.30. The third-order valence-electron chi connectivity index (χ3n) is 2.86. The Morgan fingerprint density at radius 3 is 2.90 bits per heavy atom. The van der Waals surface area contributed by atoms with E-state index in [0.717, 1.165) is 27.3 Å². The predicted molar refractivity (Wildman–Crippen MR) is 83.7 cm³/mol. The summed E-state index contributed by atoms with van der Waals surface area (Å²) < 4.78 is 6.21. The summed E-state index contributed by atoms with van der Waals surface area (Å²) in [6.07, 6.45) is 5.18. The highest BCUT2D eigenvalue weighted by molar-refractivity contribution is 9.10. The molecule has 0 aliphatic rings. The zero-order valence-electron chi connectivity index (χ0n) is 11.4. The van der Waals surface area contributed by atoms with E-state index in [0.29, 0.717) is 12.4 Å². The van der Waals surface area contributed by atoms with Crippen LogP contribution in [0.4, 0.5) is 5.82 Å².